The molecule has 0 fully saturated rings. The van der Waals surface area contributed by atoms with Gasteiger partial charge in [-0.2, -0.15) is 5.26 Å². The van der Waals surface area contributed by atoms with E-state index in [0.717, 1.165) is 0 Å². The molecule has 0 aliphatic heterocycles. The van der Waals surface area contributed by atoms with Crippen molar-refractivity contribution in [3.63, 3.8) is 0 Å². The summed E-state index contributed by atoms with van der Waals surface area (Å²) in [6.07, 6.45) is 0. The van der Waals surface area contributed by atoms with Gasteiger partial charge in [-0.05, 0) is 45.9 Å². The van der Waals surface area contributed by atoms with Crippen molar-refractivity contribution >= 4 is 17.5 Å². The number of nitriles is 1. The number of benzene rings is 1. The molecule has 20 heavy (non-hydrogen) atoms. The van der Waals surface area contributed by atoms with Gasteiger partial charge in [0.25, 0.3) is 0 Å². The lowest BCUT2D eigenvalue weighted by Gasteiger charge is -2.24. The molecule has 0 aliphatic rings. The quantitative estimate of drug-likeness (QED) is 0.824. The fourth-order valence-electron chi connectivity index (χ4n) is 1.50. The topological polar surface area (TPSA) is 82.0 Å². The number of hydrogen-bond donors (Lipinski definition) is 2. The van der Waals surface area contributed by atoms with E-state index in [9.17, 15) is 9.59 Å². The molecule has 0 radical (unpaired) electrons. The molecule has 1 rings (SSSR count). The number of anilines is 1. The van der Waals surface area contributed by atoms with Gasteiger partial charge in [0.05, 0.1) is 11.6 Å². The standard InChI is InChI=1S/C15H19N3O2/c1-10(2)17-13(19)15(3,4)14(20)18-12-7-5-6-11(8-12)9-16/h5-8,10H,1-4H3,(H,17,19)(H,18,20). The van der Waals surface area contributed by atoms with Crippen molar-refractivity contribution in [2.75, 3.05) is 5.32 Å². The summed E-state index contributed by atoms with van der Waals surface area (Å²) < 4.78 is 0. The summed E-state index contributed by atoms with van der Waals surface area (Å²) in [5.41, 5.74) is -0.237. The summed E-state index contributed by atoms with van der Waals surface area (Å²) in [5, 5.41) is 14.2. The molecule has 1 aromatic carbocycles. The highest BCUT2D eigenvalue weighted by Crippen LogP contribution is 2.20. The highest BCUT2D eigenvalue weighted by atomic mass is 16.2. The first-order chi connectivity index (χ1) is 9.27. The van der Waals surface area contributed by atoms with Crippen LogP contribution in [0.5, 0.6) is 0 Å². The van der Waals surface area contributed by atoms with Gasteiger partial charge in [-0.25, -0.2) is 0 Å². The summed E-state index contributed by atoms with van der Waals surface area (Å²) in [6.45, 7) is 6.80. The predicted molar refractivity (Wildman–Crippen MR) is 76.8 cm³/mol. The number of rotatable bonds is 4. The van der Waals surface area contributed by atoms with Crippen LogP contribution in [0, 0.1) is 16.7 Å². The van der Waals surface area contributed by atoms with Gasteiger partial charge in [-0.15, -0.1) is 0 Å². The number of carbonyl (C=O) groups excluding carboxylic acids is 2. The molecule has 0 saturated heterocycles. The number of nitrogens with zero attached hydrogens (tertiary/aromatic N) is 1. The largest absolute Gasteiger partial charge is 0.353 e. The summed E-state index contributed by atoms with van der Waals surface area (Å²) in [5.74, 6) is -0.743. The molecule has 0 bridgehead atoms. The minimum absolute atomic E-state index is 0.0310. The van der Waals surface area contributed by atoms with Gasteiger partial charge in [-0.3, -0.25) is 9.59 Å². The van der Waals surface area contributed by atoms with E-state index in [1.165, 1.54) is 0 Å². The van der Waals surface area contributed by atoms with Crippen molar-refractivity contribution in [1.82, 2.24) is 5.32 Å². The average molecular weight is 273 g/mol. The minimum atomic E-state index is -1.19. The lowest BCUT2D eigenvalue weighted by molar-refractivity contribution is -0.138. The third-order valence-corrected chi connectivity index (χ3v) is 2.80. The Bertz CT molecular complexity index is 556. The minimum Gasteiger partial charge on any atom is -0.353 e. The smallest absolute Gasteiger partial charge is 0.239 e. The Morgan fingerprint density at radius 1 is 1.25 bits per heavy atom. The van der Waals surface area contributed by atoms with Crippen LogP contribution in [0.15, 0.2) is 24.3 Å². The van der Waals surface area contributed by atoms with E-state index in [1.54, 1.807) is 38.1 Å². The molecule has 0 spiro atoms. The highest BCUT2D eigenvalue weighted by Gasteiger charge is 2.36. The molecule has 0 atom stereocenters. The van der Waals surface area contributed by atoms with Crippen LogP contribution in [0.2, 0.25) is 0 Å². The first kappa shape index (κ1) is 15.7. The van der Waals surface area contributed by atoms with E-state index in [4.69, 9.17) is 5.26 Å². The lowest BCUT2D eigenvalue weighted by Crippen LogP contribution is -2.47. The second-order valence-electron chi connectivity index (χ2n) is 5.40. The van der Waals surface area contributed by atoms with Crippen LogP contribution in [0.1, 0.15) is 33.3 Å². The maximum Gasteiger partial charge on any atom is 0.239 e. The molecule has 2 amide bonds. The molecule has 106 valence electrons. The monoisotopic (exact) mass is 273 g/mol. The van der Waals surface area contributed by atoms with Crippen LogP contribution in [0.25, 0.3) is 0 Å². The summed E-state index contributed by atoms with van der Waals surface area (Å²) in [4.78, 5) is 24.2. The van der Waals surface area contributed by atoms with Gasteiger partial charge in [-0.1, -0.05) is 6.07 Å². The first-order valence-corrected chi connectivity index (χ1v) is 6.40. The van der Waals surface area contributed by atoms with E-state index >= 15 is 0 Å². The van der Waals surface area contributed by atoms with Crippen molar-refractivity contribution in [3.8, 4) is 6.07 Å². The maximum atomic E-state index is 12.2. The number of nitrogens with one attached hydrogen (secondary N) is 2. The van der Waals surface area contributed by atoms with E-state index in [2.05, 4.69) is 10.6 Å². The molecule has 0 unspecified atom stereocenters. The van der Waals surface area contributed by atoms with Crippen molar-refractivity contribution in [2.45, 2.75) is 33.7 Å². The van der Waals surface area contributed by atoms with E-state index < -0.39 is 11.3 Å². The molecule has 2 N–H and O–H groups in total. The Labute approximate surface area is 119 Å². The van der Waals surface area contributed by atoms with Gasteiger partial charge in [0, 0.05) is 11.7 Å². The zero-order valence-corrected chi connectivity index (χ0v) is 12.2. The second-order valence-corrected chi connectivity index (χ2v) is 5.40. The Morgan fingerprint density at radius 2 is 1.90 bits per heavy atom. The summed E-state index contributed by atoms with van der Waals surface area (Å²) >= 11 is 0. The fourth-order valence-corrected chi connectivity index (χ4v) is 1.50. The third-order valence-electron chi connectivity index (χ3n) is 2.80. The van der Waals surface area contributed by atoms with Crippen LogP contribution in [-0.4, -0.2) is 17.9 Å². The van der Waals surface area contributed by atoms with Crippen molar-refractivity contribution < 1.29 is 9.59 Å². The van der Waals surface area contributed by atoms with Crippen LogP contribution in [-0.2, 0) is 9.59 Å². The van der Waals surface area contributed by atoms with Gasteiger partial charge in [0.15, 0.2) is 0 Å². The van der Waals surface area contributed by atoms with Gasteiger partial charge in [0.2, 0.25) is 11.8 Å². The molecule has 0 aliphatic carbocycles. The Kier molecular flexibility index (Phi) is 4.87. The van der Waals surface area contributed by atoms with Crippen LogP contribution in [0.4, 0.5) is 5.69 Å². The van der Waals surface area contributed by atoms with E-state index in [0.29, 0.717) is 11.3 Å². The first-order valence-electron chi connectivity index (χ1n) is 6.40. The average Bonchev–Trinajstić information content (AvgIpc) is 2.38. The molecule has 5 heteroatoms. The Hall–Kier alpha value is -2.35. The van der Waals surface area contributed by atoms with Crippen molar-refractivity contribution in [1.29, 1.82) is 5.26 Å². The molecule has 5 nitrogen and oxygen atoms in total. The molecule has 0 aromatic heterocycles. The molecule has 0 heterocycles. The number of carbonyl (C=O) groups is 2. The van der Waals surface area contributed by atoms with Crippen molar-refractivity contribution in [2.24, 2.45) is 5.41 Å². The Balaban J connectivity index is 2.84. The zero-order valence-electron chi connectivity index (χ0n) is 12.2. The molecule has 1 aromatic rings. The highest BCUT2D eigenvalue weighted by molar-refractivity contribution is 6.09. The molecule has 0 saturated carbocycles. The van der Waals surface area contributed by atoms with Crippen molar-refractivity contribution in [3.05, 3.63) is 29.8 Å². The number of amides is 2. The van der Waals surface area contributed by atoms with Gasteiger partial charge >= 0.3 is 0 Å². The van der Waals surface area contributed by atoms with Crippen LogP contribution < -0.4 is 10.6 Å². The molecular weight excluding hydrogens is 254 g/mol. The normalized spacial score (nSPS) is 10.8. The zero-order chi connectivity index (χ0) is 15.3. The van der Waals surface area contributed by atoms with E-state index in [-0.39, 0.29) is 11.9 Å². The number of hydrogen-bond acceptors (Lipinski definition) is 3. The summed E-state index contributed by atoms with van der Waals surface area (Å²) in [7, 11) is 0. The van der Waals surface area contributed by atoms with E-state index in [1.807, 2.05) is 19.9 Å². The van der Waals surface area contributed by atoms with Gasteiger partial charge < -0.3 is 10.6 Å². The lowest BCUT2D eigenvalue weighted by atomic mass is 9.90. The van der Waals surface area contributed by atoms with Gasteiger partial charge in [0.1, 0.15) is 5.41 Å². The maximum absolute atomic E-state index is 12.2. The predicted octanol–water partition coefficient (Wildman–Crippen LogP) is 2.05. The second kappa shape index (κ2) is 6.20. The summed E-state index contributed by atoms with van der Waals surface area (Å²) in [6, 6.07) is 8.53. The fraction of sp³-hybridized carbons (Fsp3) is 0.400. The van der Waals surface area contributed by atoms with Crippen LogP contribution in [0.3, 0.4) is 0 Å². The SMILES string of the molecule is CC(C)NC(=O)C(C)(C)C(=O)Nc1cccc(C#N)c1. The van der Waals surface area contributed by atoms with Crippen LogP contribution >= 0.6 is 0 Å². The Morgan fingerprint density at radius 3 is 2.45 bits per heavy atom. The molecular formula is C15H19N3O2. The third kappa shape index (κ3) is 3.82.